The third-order valence-electron chi connectivity index (χ3n) is 3.61. The number of amides is 2. The molecule has 0 aliphatic carbocycles. The van der Waals surface area contributed by atoms with Crippen molar-refractivity contribution in [2.24, 2.45) is 5.84 Å². The van der Waals surface area contributed by atoms with Crippen LogP contribution >= 0.6 is 0 Å². The maximum Gasteiger partial charge on any atom is 0.234 e. The van der Waals surface area contributed by atoms with Gasteiger partial charge in [0.25, 0.3) is 0 Å². The molecule has 18 heavy (non-hydrogen) atoms. The quantitative estimate of drug-likeness (QED) is 0.402. The van der Waals surface area contributed by atoms with E-state index in [2.05, 4.69) is 18.7 Å². The van der Waals surface area contributed by atoms with E-state index in [9.17, 15) is 9.59 Å². The van der Waals surface area contributed by atoms with Crippen LogP contribution in [0.5, 0.6) is 0 Å². The van der Waals surface area contributed by atoms with E-state index in [1.165, 1.54) is 0 Å². The molecule has 2 amide bonds. The fourth-order valence-corrected chi connectivity index (χ4v) is 2.12. The first-order valence-corrected chi connectivity index (χ1v) is 6.59. The van der Waals surface area contributed by atoms with E-state index in [1.54, 1.807) is 0 Å². The number of hydrogen-bond donors (Lipinski definition) is 2. The number of rotatable bonds is 5. The molecule has 0 radical (unpaired) electrons. The molecule has 1 aliphatic heterocycles. The molecule has 1 atom stereocenters. The van der Waals surface area contributed by atoms with Gasteiger partial charge in [-0.2, -0.15) is 0 Å². The Morgan fingerprint density at radius 1 is 1.22 bits per heavy atom. The molecule has 1 unspecified atom stereocenters. The highest BCUT2D eigenvalue weighted by Gasteiger charge is 2.23. The molecule has 1 aliphatic rings. The van der Waals surface area contributed by atoms with E-state index >= 15 is 0 Å². The summed E-state index contributed by atoms with van der Waals surface area (Å²) < 4.78 is 0. The Morgan fingerprint density at radius 2 is 1.83 bits per heavy atom. The minimum Gasteiger partial charge on any atom is -0.340 e. The molecule has 0 aromatic rings. The van der Waals surface area contributed by atoms with Gasteiger partial charge >= 0.3 is 0 Å². The molecule has 1 fully saturated rings. The van der Waals surface area contributed by atoms with Crippen LogP contribution in [0.3, 0.4) is 0 Å². The van der Waals surface area contributed by atoms with Crippen molar-refractivity contribution in [3.05, 3.63) is 0 Å². The topological polar surface area (TPSA) is 78.7 Å². The highest BCUT2D eigenvalue weighted by Crippen LogP contribution is 2.10. The molecule has 6 heteroatoms. The summed E-state index contributed by atoms with van der Waals surface area (Å²) in [5.41, 5.74) is 2.03. The van der Waals surface area contributed by atoms with E-state index in [0.29, 0.717) is 6.04 Å². The van der Waals surface area contributed by atoms with Crippen molar-refractivity contribution in [2.75, 3.05) is 26.2 Å². The molecule has 1 saturated heterocycles. The molecule has 1 rings (SSSR count). The van der Waals surface area contributed by atoms with Crippen molar-refractivity contribution in [1.29, 1.82) is 0 Å². The molecule has 0 saturated carbocycles. The van der Waals surface area contributed by atoms with Gasteiger partial charge in [0, 0.05) is 45.1 Å². The van der Waals surface area contributed by atoms with Crippen LogP contribution in [0.1, 0.15) is 33.1 Å². The van der Waals surface area contributed by atoms with Gasteiger partial charge < -0.3 is 4.90 Å². The predicted octanol–water partition coefficient (Wildman–Crippen LogP) is -0.301. The molecule has 0 bridgehead atoms. The number of hydrogen-bond acceptors (Lipinski definition) is 4. The number of nitrogens with one attached hydrogen (secondary N) is 1. The molecular formula is C12H24N4O2. The Bertz CT molecular complexity index is 288. The van der Waals surface area contributed by atoms with Crippen molar-refractivity contribution < 1.29 is 9.59 Å². The molecular weight excluding hydrogens is 232 g/mol. The Hall–Kier alpha value is -1.14. The fraction of sp³-hybridized carbons (Fsp3) is 0.833. The highest BCUT2D eigenvalue weighted by atomic mass is 16.2. The second-order valence-corrected chi connectivity index (χ2v) is 4.74. The van der Waals surface area contributed by atoms with Crippen LogP contribution in [-0.4, -0.2) is 53.8 Å². The van der Waals surface area contributed by atoms with Gasteiger partial charge in [0.15, 0.2) is 0 Å². The summed E-state index contributed by atoms with van der Waals surface area (Å²) in [5.74, 6) is 4.73. The number of hydrazine groups is 1. The lowest BCUT2D eigenvalue weighted by Gasteiger charge is -2.37. The molecule has 0 spiro atoms. The van der Waals surface area contributed by atoms with Gasteiger partial charge in [-0.25, -0.2) is 5.84 Å². The number of carbonyl (C=O) groups excluding carboxylic acids is 2. The first-order valence-electron chi connectivity index (χ1n) is 6.59. The lowest BCUT2D eigenvalue weighted by Crippen LogP contribution is -2.51. The van der Waals surface area contributed by atoms with Gasteiger partial charge in [0.05, 0.1) is 0 Å². The summed E-state index contributed by atoms with van der Waals surface area (Å²) in [5, 5.41) is 0. The second-order valence-electron chi connectivity index (χ2n) is 4.74. The third kappa shape index (κ3) is 4.27. The van der Waals surface area contributed by atoms with Crippen molar-refractivity contribution in [3.8, 4) is 0 Å². The van der Waals surface area contributed by atoms with Crippen molar-refractivity contribution in [2.45, 2.75) is 39.2 Å². The lowest BCUT2D eigenvalue weighted by atomic mass is 10.1. The maximum atomic E-state index is 11.9. The van der Waals surface area contributed by atoms with Crippen LogP contribution in [-0.2, 0) is 9.59 Å². The zero-order valence-corrected chi connectivity index (χ0v) is 11.3. The van der Waals surface area contributed by atoms with Gasteiger partial charge in [-0.05, 0) is 13.3 Å². The van der Waals surface area contributed by atoms with Crippen molar-refractivity contribution in [1.82, 2.24) is 15.2 Å². The van der Waals surface area contributed by atoms with E-state index in [4.69, 9.17) is 5.84 Å². The van der Waals surface area contributed by atoms with E-state index < -0.39 is 0 Å². The van der Waals surface area contributed by atoms with Crippen LogP contribution in [0.25, 0.3) is 0 Å². The average molecular weight is 256 g/mol. The predicted molar refractivity (Wildman–Crippen MR) is 69.5 cm³/mol. The monoisotopic (exact) mass is 256 g/mol. The van der Waals surface area contributed by atoms with Crippen LogP contribution in [0.15, 0.2) is 0 Å². The first kappa shape index (κ1) is 14.9. The largest absolute Gasteiger partial charge is 0.340 e. The van der Waals surface area contributed by atoms with Crippen molar-refractivity contribution in [3.63, 3.8) is 0 Å². The number of nitrogens with two attached hydrogens (primary N) is 1. The van der Waals surface area contributed by atoms with Crippen molar-refractivity contribution >= 4 is 11.8 Å². The standard InChI is InChI=1S/C12H24N4O2/c1-3-10(2)15-6-8-16(9-7-15)12(18)5-4-11(17)14-13/h10H,3-9,13H2,1-2H3,(H,14,17). The van der Waals surface area contributed by atoms with Gasteiger partial charge in [-0.1, -0.05) is 6.92 Å². The lowest BCUT2D eigenvalue weighted by molar-refractivity contribution is -0.135. The first-order chi connectivity index (χ1) is 8.58. The summed E-state index contributed by atoms with van der Waals surface area (Å²) in [4.78, 5) is 27.1. The van der Waals surface area contributed by atoms with Crippen LogP contribution in [0.4, 0.5) is 0 Å². The Balaban J connectivity index is 2.29. The summed E-state index contributed by atoms with van der Waals surface area (Å²) in [6, 6.07) is 0.574. The van der Waals surface area contributed by atoms with E-state index in [-0.39, 0.29) is 24.7 Å². The minimum absolute atomic E-state index is 0.0439. The number of piperazine rings is 1. The van der Waals surface area contributed by atoms with Gasteiger partial charge in [-0.15, -0.1) is 0 Å². The van der Waals surface area contributed by atoms with E-state index in [0.717, 1.165) is 32.6 Å². The number of nitrogens with zero attached hydrogens (tertiary/aromatic N) is 2. The zero-order chi connectivity index (χ0) is 13.5. The van der Waals surface area contributed by atoms with Crippen LogP contribution in [0.2, 0.25) is 0 Å². The Kier molecular flexibility index (Phi) is 6.07. The molecule has 3 N–H and O–H groups in total. The highest BCUT2D eigenvalue weighted by molar-refractivity contribution is 5.83. The third-order valence-corrected chi connectivity index (χ3v) is 3.61. The van der Waals surface area contributed by atoms with Crippen LogP contribution < -0.4 is 11.3 Å². The average Bonchev–Trinajstić information content (AvgIpc) is 2.43. The van der Waals surface area contributed by atoms with Crippen LogP contribution in [0, 0.1) is 0 Å². The Morgan fingerprint density at radius 3 is 2.33 bits per heavy atom. The Labute approximate surface area is 108 Å². The minimum atomic E-state index is -0.290. The normalized spacial score (nSPS) is 18.5. The van der Waals surface area contributed by atoms with Gasteiger partial charge in [0.1, 0.15) is 0 Å². The summed E-state index contributed by atoms with van der Waals surface area (Å²) >= 11 is 0. The zero-order valence-electron chi connectivity index (χ0n) is 11.3. The number of carbonyl (C=O) groups is 2. The SMILES string of the molecule is CCC(C)N1CCN(C(=O)CCC(=O)NN)CC1. The molecule has 0 aromatic heterocycles. The van der Waals surface area contributed by atoms with Gasteiger partial charge in [0.2, 0.25) is 11.8 Å². The summed E-state index contributed by atoms with van der Waals surface area (Å²) in [6.45, 7) is 7.74. The van der Waals surface area contributed by atoms with E-state index in [1.807, 2.05) is 10.3 Å². The molecule has 6 nitrogen and oxygen atoms in total. The molecule has 104 valence electrons. The second kappa shape index (κ2) is 7.33. The molecule has 0 aromatic carbocycles. The fourth-order valence-electron chi connectivity index (χ4n) is 2.12. The smallest absolute Gasteiger partial charge is 0.234 e. The van der Waals surface area contributed by atoms with Gasteiger partial charge in [-0.3, -0.25) is 19.9 Å². The molecule has 1 heterocycles. The summed E-state index contributed by atoms with van der Waals surface area (Å²) in [6.07, 6.45) is 1.54. The maximum absolute atomic E-state index is 11.9. The summed E-state index contributed by atoms with van der Waals surface area (Å²) in [7, 11) is 0.